The lowest BCUT2D eigenvalue weighted by Crippen LogP contribution is -2.55. The van der Waals surface area contributed by atoms with Gasteiger partial charge in [-0.2, -0.15) is 4.98 Å². The number of aromatic nitrogens is 4. The van der Waals surface area contributed by atoms with E-state index in [0.29, 0.717) is 31.0 Å². The lowest BCUT2D eigenvalue weighted by atomic mass is 10.0. The van der Waals surface area contributed by atoms with Crippen molar-refractivity contribution < 1.29 is 23.0 Å². The number of anilines is 1. The van der Waals surface area contributed by atoms with Crippen LogP contribution in [-0.2, 0) is 4.74 Å². The zero-order valence-corrected chi connectivity index (χ0v) is 28.4. The number of carbonyl (C=O) groups excluding carboxylic acids is 1. The molecule has 1 atom stereocenters. The van der Waals surface area contributed by atoms with Gasteiger partial charge in [-0.25, -0.2) is 27.9 Å². The van der Waals surface area contributed by atoms with E-state index in [4.69, 9.17) is 14.5 Å². The third-order valence-electron chi connectivity index (χ3n) is 7.85. The summed E-state index contributed by atoms with van der Waals surface area (Å²) in [4.78, 5) is 44.2. The number of carbonyl (C=O) groups is 1. The molecular formula is C35H42F2N6O4. The van der Waals surface area contributed by atoms with Gasteiger partial charge in [0.25, 0.3) is 0 Å². The van der Waals surface area contributed by atoms with E-state index in [1.807, 2.05) is 32.6 Å². The number of benzene rings is 1. The van der Waals surface area contributed by atoms with Crippen LogP contribution in [0.25, 0.3) is 28.0 Å². The SMILES string of the molecule is Cc1ccnc(C(C)C)c1-n1c(=O)nc(N2CCN(C(=O)OC(C)(C)C)C[C@@H]2C)c2cc(F)c(-c3c(F)cccc3OC(C)C)nc21. The summed E-state index contributed by atoms with van der Waals surface area (Å²) in [5, 5.41) is 0.254. The molecular weight excluding hydrogens is 606 g/mol. The van der Waals surface area contributed by atoms with Crippen LogP contribution in [0.2, 0.25) is 0 Å². The number of rotatable bonds is 6. The van der Waals surface area contributed by atoms with Crippen molar-refractivity contribution in [3.05, 3.63) is 69.9 Å². The van der Waals surface area contributed by atoms with Gasteiger partial charge in [0.05, 0.1) is 28.4 Å². The number of pyridine rings is 2. The molecule has 1 amide bonds. The molecule has 1 aromatic carbocycles. The van der Waals surface area contributed by atoms with Crippen molar-refractivity contribution in [1.82, 2.24) is 24.4 Å². The minimum atomic E-state index is -0.809. The maximum atomic E-state index is 16.3. The Kier molecular flexibility index (Phi) is 9.25. The molecule has 4 heterocycles. The molecule has 1 fully saturated rings. The van der Waals surface area contributed by atoms with Crippen LogP contribution in [0.1, 0.15) is 72.6 Å². The Morgan fingerprint density at radius 2 is 1.77 bits per heavy atom. The zero-order chi connectivity index (χ0) is 34.4. The van der Waals surface area contributed by atoms with Crippen molar-refractivity contribution in [1.29, 1.82) is 0 Å². The van der Waals surface area contributed by atoms with E-state index >= 15 is 8.78 Å². The van der Waals surface area contributed by atoms with Crippen molar-refractivity contribution in [3.63, 3.8) is 0 Å². The van der Waals surface area contributed by atoms with Crippen molar-refractivity contribution >= 4 is 22.9 Å². The molecule has 4 aromatic rings. The first-order valence-electron chi connectivity index (χ1n) is 15.9. The molecule has 1 aliphatic heterocycles. The van der Waals surface area contributed by atoms with Crippen LogP contribution >= 0.6 is 0 Å². The zero-order valence-electron chi connectivity index (χ0n) is 28.4. The van der Waals surface area contributed by atoms with Crippen molar-refractivity contribution in [3.8, 4) is 22.7 Å². The summed E-state index contributed by atoms with van der Waals surface area (Å²) in [5.41, 5.74) is 0.193. The molecule has 10 nitrogen and oxygen atoms in total. The van der Waals surface area contributed by atoms with Gasteiger partial charge < -0.3 is 19.3 Å². The fourth-order valence-corrected chi connectivity index (χ4v) is 5.84. The number of nitrogens with zero attached hydrogens (tertiary/aromatic N) is 6. The quantitative estimate of drug-likeness (QED) is 0.225. The smallest absolute Gasteiger partial charge is 0.410 e. The van der Waals surface area contributed by atoms with Gasteiger partial charge in [-0.05, 0) is 84.2 Å². The first kappa shape index (κ1) is 33.7. The Morgan fingerprint density at radius 3 is 2.40 bits per heavy atom. The molecule has 0 radical (unpaired) electrons. The van der Waals surface area contributed by atoms with Gasteiger partial charge in [0.1, 0.15) is 28.7 Å². The molecule has 0 N–H and O–H groups in total. The van der Waals surface area contributed by atoms with Crippen molar-refractivity contribution in [2.45, 2.75) is 86.0 Å². The third kappa shape index (κ3) is 6.77. The molecule has 0 unspecified atom stereocenters. The number of amides is 1. The molecule has 5 rings (SSSR count). The predicted molar refractivity (Wildman–Crippen MR) is 177 cm³/mol. The van der Waals surface area contributed by atoms with Gasteiger partial charge >= 0.3 is 11.8 Å². The number of fused-ring (bicyclic) bond motifs is 1. The average molecular weight is 649 g/mol. The maximum Gasteiger partial charge on any atom is 0.410 e. The Balaban J connectivity index is 1.76. The lowest BCUT2D eigenvalue weighted by molar-refractivity contribution is 0.0218. The second-order valence-electron chi connectivity index (χ2n) is 13.5. The van der Waals surface area contributed by atoms with Crippen molar-refractivity contribution in [2.24, 2.45) is 0 Å². The van der Waals surface area contributed by atoms with Gasteiger partial charge in [0.15, 0.2) is 11.5 Å². The highest BCUT2D eigenvalue weighted by Crippen LogP contribution is 2.37. The summed E-state index contributed by atoms with van der Waals surface area (Å²) < 4.78 is 44.6. The average Bonchev–Trinajstić information content (AvgIpc) is 2.96. The standard InChI is InChI=1S/C35H42F2N6O4/c1-19(2)28-30(21(5)13-14-38-28)43-32-23(17-25(37)29(39-32)27-24(36)11-10-12-26(27)46-20(3)4)31(40-33(43)44)42-16-15-41(18-22(42)6)34(45)47-35(7,8)9/h10-14,17,19-20,22H,15-16,18H2,1-9H3/t22-/m0/s1. The number of hydrogen-bond acceptors (Lipinski definition) is 8. The predicted octanol–water partition coefficient (Wildman–Crippen LogP) is 6.79. The number of hydrogen-bond donors (Lipinski definition) is 0. The third-order valence-corrected chi connectivity index (χ3v) is 7.85. The van der Waals surface area contributed by atoms with Crippen LogP contribution in [0.4, 0.5) is 19.4 Å². The Morgan fingerprint density at radius 1 is 1.04 bits per heavy atom. The van der Waals surface area contributed by atoms with E-state index in [1.165, 1.54) is 22.8 Å². The summed E-state index contributed by atoms with van der Waals surface area (Å²) in [6.07, 6.45) is 0.912. The topological polar surface area (TPSA) is 103 Å². The Bertz CT molecular complexity index is 1890. The second kappa shape index (κ2) is 12.9. The molecule has 0 aliphatic carbocycles. The highest BCUT2D eigenvalue weighted by atomic mass is 19.1. The fourth-order valence-electron chi connectivity index (χ4n) is 5.84. The summed E-state index contributed by atoms with van der Waals surface area (Å²) >= 11 is 0. The van der Waals surface area contributed by atoms with E-state index in [-0.39, 0.29) is 51.9 Å². The molecule has 1 saturated heterocycles. The fraction of sp³-hybridized carbons (Fsp3) is 0.457. The highest BCUT2D eigenvalue weighted by molar-refractivity contribution is 5.91. The molecule has 0 bridgehead atoms. The Hall–Kier alpha value is -4.61. The first-order valence-corrected chi connectivity index (χ1v) is 15.9. The summed E-state index contributed by atoms with van der Waals surface area (Å²) in [6.45, 7) is 17.5. The minimum absolute atomic E-state index is 0.0787. The van der Waals surface area contributed by atoms with E-state index in [0.717, 1.165) is 5.56 Å². The largest absolute Gasteiger partial charge is 0.490 e. The van der Waals surface area contributed by atoms with Gasteiger partial charge in [-0.15, -0.1) is 0 Å². The molecule has 1 aliphatic rings. The summed E-state index contributed by atoms with van der Waals surface area (Å²) in [7, 11) is 0. The van der Waals surface area contributed by atoms with Crippen molar-refractivity contribution in [2.75, 3.05) is 24.5 Å². The molecule has 0 saturated carbocycles. The van der Waals surface area contributed by atoms with Crippen LogP contribution in [0.5, 0.6) is 5.75 Å². The van der Waals surface area contributed by atoms with Gasteiger partial charge in [0.2, 0.25) is 0 Å². The highest BCUT2D eigenvalue weighted by Gasteiger charge is 2.33. The first-order chi connectivity index (χ1) is 22.1. The maximum absolute atomic E-state index is 16.3. The summed E-state index contributed by atoms with van der Waals surface area (Å²) in [5.74, 6) is -1.26. The van der Waals surface area contributed by atoms with Crippen LogP contribution in [0.3, 0.4) is 0 Å². The van der Waals surface area contributed by atoms with E-state index in [2.05, 4.69) is 9.97 Å². The molecule has 0 spiro atoms. The van der Waals surface area contributed by atoms with E-state index < -0.39 is 29.0 Å². The van der Waals surface area contributed by atoms with Gasteiger partial charge in [0, 0.05) is 31.9 Å². The molecule has 250 valence electrons. The summed E-state index contributed by atoms with van der Waals surface area (Å²) in [6, 6.07) is 6.97. The number of aryl methyl sites for hydroxylation is 1. The monoisotopic (exact) mass is 648 g/mol. The molecule has 12 heteroatoms. The van der Waals surface area contributed by atoms with E-state index in [1.54, 1.807) is 57.8 Å². The minimum Gasteiger partial charge on any atom is -0.490 e. The van der Waals surface area contributed by atoms with Gasteiger partial charge in [-0.3, -0.25) is 4.98 Å². The Labute approximate surface area is 273 Å². The number of ether oxygens (including phenoxy) is 2. The number of halogens is 2. The van der Waals surface area contributed by atoms with Crippen LogP contribution < -0.4 is 15.3 Å². The molecule has 47 heavy (non-hydrogen) atoms. The van der Waals surface area contributed by atoms with Crippen LogP contribution in [-0.4, -0.2) is 67.9 Å². The van der Waals surface area contributed by atoms with Gasteiger partial charge in [-0.1, -0.05) is 19.9 Å². The lowest BCUT2D eigenvalue weighted by Gasteiger charge is -2.41. The van der Waals surface area contributed by atoms with Crippen LogP contribution in [0, 0.1) is 18.6 Å². The normalized spacial score (nSPS) is 15.6. The number of piperazine rings is 1. The van der Waals surface area contributed by atoms with Crippen LogP contribution in [0.15, 0.2) is 41.3 Å². The second-order valence-corrected chi connectivity index (χ2v) is 13.5. The molecule has 3 aromatic heterocycles. The van der Waals surface area contributed by atoms with E-state index in [9.17, 15) is 9.59 Å².